The number of benzene rings is 2. The molecule has 0 unspecified atom stereocenters. The fourth-order valence-electron chi connectivity index (χ4n) is 2.58. The Balaban J connectivity index is 1.62. The van der Waals surface area contributed by atoms with E-state index in [0.29, 0.717) is 29.6 Å². The van der Waals surface area contributed by atoms with Gasteiger partial charge in [-0.2, -0.15) is 0 Å². The smallest absolute Gasteiger partial charge is 0.191 e. The zero-order valence-electron chi connectivity index (χ0n) is 15.3. The zero-order chi connectivity index (χ0) is 19.2. The molecular weight excluding hydrogens is 363 g/mol. The summed E-state index contributed by atoms with van der Waals surface area (Å²) in [7, 11) is 0. The minimum Gasteiger partial charge on any atom is -0.378 e. The molecule has 0 spiro atoms. The van der Waals surface area contributed by atoms with Gasteiger partial charge in [-0.3, -0.25) is 4.79 Å². The zero-order valence-corrected chi connectivity index (χ0v) is 16.1. The fourth-order valence-corrected chi connectivity index (χ4v) is 3.49. The molecule has 0 aliphatic heterocycles. The summed E-state index contributed by atoms with van der Waals surface area (Å²) >= 11 is 1.39. The third kappa shape index (κ3) is 4.95. The second kappa shape index (κ2) is 8.81. The lowest BCUT2D eigenvalue weighted by Gasteiger charge is -2.09. The van der Waals surface area contributed by atoms with E-state index < -0.39 is 0 Å². The van der Waals surface area contributed by atoms with Crippen LogP contribution in [0.4, 0.5) is 10.1 Å². The minimum atomic E-state index is -0.269. The van der Waals surface area contributed by atoms with Crippen molar-refractivity contribution < 1.29 is 9.18 Å². The van der Waals surface area contributed by atoms with E-state index in [2.05, 4.69) is 15.5 Å². The first kappa shape index (κ1) is 19.1. The molecule has 0 aliphatic carbocycles. The summed E-state index contributed by atoms with van der Waals surface area (Å²) in [5.74, 6) is 0.880. The topological polar surface area (TPSA) is 59.8 Å². The van der Waals surface area contributed by atoms with Crippen LogP contribution in [0.25, 0.3) is 0 Å². The molecule has 0 saturated carbocycles. The summed E-state index contributed by atoms with van der Waals surface area (Å²) < 4.78 is 15.0. The van der Waals surface area contributed by atoms with Gasteiger partial charge in [-0.15, -0.1) is 10.2 Å². The van der Waals surface area contributed by atoms with Crippen LogP contribution in [0, 0.1) is 12.7 Å². The summed E-state index contributed by atoms with van der Waals surface area (Å²) in [4.78, 5) is 12.4. The number of hydrogen-bond acceptors (Lipinski definition) is 5. The van der Waals surface area contributed by atoms with Crippen LogP contribution < -0.4 is 5.32 Å². The lowest BCUT2D eigenvalue weighted by Crippen LogP contribution is -2.09. The Bertz CT molecular complexity index is 907. The van der Waals surface area contributed by atoms with Crippen molar-refractivity contribution in [3.63, 3.8) is 0 Å². The summed E-state index contributed by atoms with van der Waals surface area (Å²) in [5, 5.41) is 12.4. The van der Waals surface area contributed by atoms with Crippen molar-refractivity contribution in [2.75, 3.05) is 11.1 Å². The highest BCUT2D eigenvalue weighted by Gasteiger charge is 2.14. The molecule has 0 radical (unpaired) electrons. The normalized spacial score (nSPS) is 10.8. The fraction of sp³-hybridized carbons (Fsp3) is 0.250. The van der Waals surface area contributed by atoms with Gasteiger partial charge < -0.3 is 9.88 Å². The molecule has 3 rings (SSSR count). The number of hydrogen-bond donors (Lipinski definition) is 1. The highest BCUT2D eigenvalue weighted by atomic mass is 32.2. The van der Waals surface area contributed by atoms with Crippen LogP contribution in [0.5, 0.6) is 0 Å². The first-order valence-corrected chi connectivity index (χ1v) is 9.69. The predicted octanol–water partition coefficient (Wildman–Crippen LogP) is 4.33. The standard InChI is InChI=1S/C20H21FN4OS/c1-3-25-19(12-22-17-10-8-16(21)9-11-17)23-24-20(25)27-13-18(26)15-6-4-14(2)5-7-15/h4-11,22H,3,12-13H2,1-2H3. The van der Waals surface area contributed by atoms with Gasteiger partial charge in [0.25, 0.3) is 0 Å². The van der Waals surface area contributed by atoms with Crippen LogP contribution in [-0.4, -0.2) is 26.3 Å². The molecule has 140 valence electrons. The molecule has 0 atom stereocenters. The van der Waals surface area contributed by atoms with Gasteiger partial charge in [0, 0.05) is 17.8 Å². The van der Waals surface area contributed by atoms with Gasteiger partial charge >= 0.3 is 0 Å². The number of ketones is 1. The van der Waals surface area contributed by atoms with E-state index in [-0.39, 0.29) is 11.6 Å². The van der Waals surface area contributed by atoms with Gasteiger partial charge in [0.15, 0.2) is 16.8 Å². The summed E-state index contributed by atoms with van der Waals surface area (Å²) in [6, 6.07) is 13.7. The Morgan fingerprint density at radius 3 is 2.48 bits per heavy atom. The van der Waals surface area contributed by atoms with Gasteiger partial charge in [-0.1, -0.05) is 41.6 Å². The lowest BCUT2D eigenvalue weighted by atomic mass is 10.1. The molecule has 3 aromatic rings. The van der Waals surface area contributed by atoms with E-state index in [0.717, 1.165) is 17.1 Å². The van der Waals surface area contributed by atoms with Gasteiger partial charge in [-0.05, 0) is 38.1 Å². The summed E-state index contributed by atoms with van der Waals surface area (Å²) in [5.41, 5.74) is 2.64. The van der Waals surface area contributed by atoms with Gasteiger partial charge in [-0.25, -0.2) is 4.39 Å². The maximum atomic E-state index is 13.0. The molecular formula is C20H21FN4OS. The number of thioether (sulfide) groups is 1. The van der Waals surface area contributed by atoms with Gasteiger partial charge in [0.1, 0.15) is 5.82 Å². The number of nitrogens with one attached hydrogen (secondary N) is 1. The second-order valence-electron chi connectivity index (χ2n) is 6.08. The maximum absolute atomic E-state index is 13.0. The number of aryl methyl sites for hydroxylation is 1. The average molecular weight is 384 g/mol. The summed E-state index contributed by atoms with van der Waals surface area (Å²) in [6.07, 6.45) is 0. The molecule has 1 aromatic heterocycles. The molecule has 5 nitrogen and oxygen atoms in total. The monoisotopic (exact) mass is 384 g/mol. The Kier molecular flexibility index (Phi) is 6.24. The Hall–Kier alpha value is -2.67. The predicted molar refractivity (Wildman–Crippen MR) is 106 cm³/mol. The van der Waals surface area contributed by atoms with Crippen LogP contribution in [0.1, 0.15) is 28.7 Å². The molecule has 0 amide bonds. The summed E-state index contributed by atoms with van der Waals surface area (Å²) in [6.45, 7) is 5.18. The highest BCUT2D eigenvalue weighted by Crippen LogP contribution is 2.20. The molecule has 0 aliphatic rings. The molecule has 7 heteroatoms. The van der Waals surface area contributed by atoms with Crippen molar-refractivity contribution >= 4 is 23.2 Å². The molecule has 0 saturated heterocycles. The molecule has 2 aromatic carbocycles. The van der Waals surface area contributed by atoms with E-state index in [1.807, 2.05) is 42.7 Å². The van der Waals surface area contributed by atoms with E-state index in [9.17, 15) is 9.18 Å². The van der Waals surface area contributed by atoms with E-state index in [4.69, 9.17) is 0 Å². The van der Waals surface area contributed by atoms with Crippen molar-refractivity contribution in [1.82, 2.24) is 14.8 Å². The first-order chi connectivity index (χ1) is 13.1. The molecule has 0 fully saturated rings. The lowest BCUT2D eigenvalue weighted by molar-refractivity contribution is 0.102. The van der Waals surface area contributed by atoms with Crippen molar-refractivity contribution in [2.45, 2.75) is 32.1 Å². The van der Waals surface area contributed by atoms with Gasteiger partial charge in [0.05, 0.1) is 12.3 Å². The largest absolute Gasteiger partial charge is 0.378 e. The molecule has 1 heterocycles. The number of carbonyl (C=O) groups excluding carboxylic acids is 1. The number of aromatic nitrogens is 3. The average Bonchev–Trinajstić information content (AvgIpc) is 3.08. The number of anilines is 1. The number of halogens is 1. The van der Waals surface area contributed by atoms with Gasteiger partial charge in [0.2, 0.25) is 0 Å². The number of Topliss-reactive ketones (excluding diaryl/α,β-unsaturated/α-hetero) is 1. The molecule has 1 N–H and O–H groups in total. The van der Waals surface area contributed by atoms with Crippen molar-refractivity contribution in [3.8, 4) is 0 Å². The van der Waals surface area contributed by atoms with Crippen molar-refractivity contribution in [1.29, 1.82) is 0 Å². The Labute approximate surface area is 162 Å². The number of nitrogens with zero attached hydrogens (tertiary/aromatic N) is 3. The van der Waals surface area contributed by atoms with E-state index in [1.165, 1.54) is 23.9 Å². The van der Waals surface area contributed by atoms with E-state index in [1.54, 1.807) is 12.1 Å². The van der Waals surface area contributed by atoms with Crippen molar-refractivity contribution in [2.24, 2.45) is 0 Å². The number of rotatable bonds is 8. The van der Waals surface area contributed by atoms with Crippen LogP contribution in [0.3, 0.4) is 0 Å². The Morgan fingerprint density at radius 2 is 1.81 bits per heavy atom. The molecule has 0 bridgehead atoms. The third-order valence-electron chi connectivity index (χ3n) is 4.11. The highest BCUT2D eigenvalue weighted by molar-refractivity contribution is 7.99. The van der Waals surface area contributed by atoms with Crippen LogP contribution in [0.2, 0.25) is 0 Å². The van der Waals surface area contributed by atoms with Crippen molar-refractivity contribution in [3.05, 3.63) is 71.3 Å². The van der Waals surface area contributed by atoms with Crippen LogP contribution in [0.15, 0.2) is 53.7 Å². The minimum absolute atomic E-state index is 0.0663. The molecule has 27 heavy (non-hydrogen) atoms. The number of carbonyl (C=O) groups is 1. The second-order valence-corrected chi connectivity index (χ2v) is 7.02. The maximum Gasteiger partial charge on any atom is 0.191 e. The van der Waals surface area contributed by atoms with Crippen LogP contribution in [-0.2, 0) is 13.1 Å². The third-order valence-corrected chi connectivity index (χ3v) is 5.08. The van der Waals surface area contributed by atoms with E-state index >= 15 is 0 Å². The quantitative estimate of drug-likeness (QED) is 0.463. The van der Waals surface area contributed by atoms with Crippen LogP contribution >= 0.6 is 11.8 Å². The first-order valence-electron chi connectivity index (χ1n) is 8.71. The Morgan fingerprint density at radius 1 is 1.11 bits per heavy atom. The SMILES string of the molecule is CCn1c(CNc2ccc(F)cc2)nnc1SCC(=O)c1ccc(C)cc1.